The third-order valence-electron chi connectivity index (χ3n) is 5.19. The van der Waals surface area contributed by atoms with Gasteiger partial charge in [0.05, 0.1) is 11.2 Å². The van der Waals surface area contributed by atoms with Crippen LogP contribution in [0.3, 0.4) is 0 Å². The third-order valence-corrected chi connectivity index (χ3v) is 6.21. The van der Waals surface area contributed by atoms with E-state index in [0.29, 0.717) is 28.7 Å². The molecular weight excluding hydrogens is 593 g/mol. The number of benzene rings is 3. The maximum Gasteiger partial charge on any atom is 0.262 e. The summed E-state index contributed by atoms with van der Waals surface area (Å²) in [6.07, 6.45) is 2.41. The Balaban J connectivity index is 1.72. The van der Waals surface area contributed by atoms with Gasteiger partial charge >= 0.3 is 0 Å². The van der Waals surface area contributed by atoms with Crippen LogP contribution in [0, 0.1) is 0 Å². The van der Waals surface area contributed by atoms with Crippen LogP contribution in [-0.4, -0.2) is 36.8 Å². The number of amides is 2. The highest BCUT2D eigenvalue weighted by Crippen LogP contribution is 2.28. The number of nitrogens with zero attached hydrogens (tertiary/aromatic N) is 1. The third kappa shape index (κ3) is 8.90. The summed E-state index contributed by atoms with van der Waals surface area (Å²) in [6.45, 7) is 5.53. The fourth-order valence-corrected chi connectivity index (χ4v) is 4.14. The smallest absolute Gasteiger partial charge is 0.262 e. The monoisotopic (exact) mass is 617 g/mol. The molecule has 198 valence electrons. The number of hydrogen-bond acceptors (Lipinski definition) is 5. The van der Waals surface area contributed by atoms with Crippen molar-refractivity contribution in [1.29, 1.82) is 0 Å². The molecule has 0 spiro atoms. The molecule has 3 rings (SSSR count). The average Bonchev–Trinajstić information content (AvgIpc) is 2.89. The van der Waals surface area contributed by atoms with Crippen LogP contribution >= 0.6 is 39.1 Å². The van der Waals surface area contributed by atoms with E-state index in [1.54, 1.807) is 37.3 Å². The Bertz CT molecular complexity index is 1300. The predicted molar refractivity (Wildman–Crippen MR) is 154 cm³/mol. The molecule has 3 aromatic carbocycles. The summed E-state index contributed by atoms with van der Waals surface area (Å²) in [5, 5.41) is 7.56. The normalized spacial score (nSPS) is 12.4. The fourth-order valence-electron chi connectivity index (χ4n) is 3.31. The Morgan fingerprint density at radius 2 is 1.79 bits per heavy atom. The van der Waals surface area contributed by atoms with Crippen LogP contribution < -0.4 is 20.2 Å². The van der Waals surface area contributed by atoms with E-state index in [-0.39, 0.29) is 11.4 Å². The van der Waals surface area contributed by atoms with Crippen molar-refractivity contribution in [2.75, 3.05) is 6.61 Å². The lowest BCUT2D eigenvalue weighted by Gasteiger charge is -2.21. The molecule has 7 nitrogen and oxygen atoms in total. The van der Waals surface area contributed by atoms with Gasteiger partial charge in [0.2, 0.25) is 0 Å². The predicted octanol–water partition coefficient (Wildman–Crippen LogP) is 5.97. The van der Waals surface area contributed by atoms with Gasteiger partial charge in [-0.25, -0.2) is 5.43 Å². The summed E-state index contributed by atoms with van der Waals surface area (Å²) >= 11 is 15.5. The molecule has 2 amide bonds. The van der Waals surface area contributed by atoms with Crippen molar-refractivity contribution >= 4 is 57.2 Å². The molecule has 0 saturated carbocycles. The van der Waals surface area contributed by atoms with Gasteiger partial charge in [-0.2, -0.15) is 5.10 Å². The zero-order valence-corrected chi connectivity index (χ0v) is 23.6. The molecule has 2 atom stereocenters. The van der Waals surface area contributed by atoms with Gasteiger partial charge in [-0.1, -0.05) is 82.1 Å². The molecule has 0 saturated heterocycles. The second-order valence-electron chi connectivity index (χ2n) is 8.10. The van der Waals surface area contributed by atoms with Gasteiger partial charge in [-0.3, -0.25) is 9.59 Å². The van der Waals surface area contributed by atoms with E-state index >= 15 is 0 Å². The standard InChI is InChI=1S/C28H26BrCl2N3O4/c1-3-13-37-25-11-9-21(29)15-20(25)17-32-34-28(36)24(14-19-7-5-4-6-8-19)33-27(35)18(2)38-26-12-10-22(30)16-23(26)31/h3-12,15-18,24H,1,13-14H2,2H3,(H,33,35)(H,34,36)/b32-17-/t18-,24-/m0/s1. The summed E-state index contributed by atoms with van der Waals surface area (Å²) < 4.78 is 12.2. The van der Waals surface area contributed by atoms with Crippen molar-refractivity contribution in [3.8, 4) is 11.5 Å². The zero-order valence-electron chi connectivity index (χ0n) is 20.5. The average molecular weight is 619 g/mol. The van der Waals surface area contributed by atoms with Crippen molar-refractivity contribution < 1.29 is 19.1 Å². The van der Waals surface area contributed by atoms with Crippen LogP contribution in [0.5, 0.6) is 11.5 Å². The Kier molecular flexibility index (Phi) is 11.2. The number of carbonyl (C=O) groups is 2. The molecule has 38 heavy (non-hydrogen) atoms. The molecule has 0 unspecified atom stereocenters. The first-order valence-corrected chi connectivity index (χ1v) is 13.1. The SMILES string of the molecule is C=CCOc1ccc(Br)cc1/C=N\NC(=O)[C@H](Cc1ccccc1)NC(=O)[C@H](C)Oc1ccc(Cl)cc1Cl. The minimum atomic E-state index is -0.936. The maximum atomic E-state index is 13.1. The topological polar surface area (TPSA) is 89.0 Å². The Morgan fingerprint density at radius 3 is 2.50 bits per heavy atom. The summed E-state index contributed by atoms with van der Waals surface area (Å²) in [7, 11) is 0. The molecule has 0 fully saturated rings. The summed E-state index contributed by atoms with van der Waals surface area (Å²) in [6, 6.07) is 18.5. The van der Waals surface area contributed by atoms with Gasteiger partial charge in [0.15, 0.2) is 6.10 Å². The van der Waals surface area contributed by atoms with Gasteiger partial charge in [0, 0.05) is 21.5 Å². The first kappa shape index (κ1) is 29.2. The number of carbonyl (C=O) groups excluding carboxylic acids is 2. The molecular formula is C28H26BrCl2N3O4. The second-order valence-corrected chi connectivity index (χ2v) is 9.86. The Morgan fingerprint density at radius 1 is 1.05 bits per heavy atom. The largest absolute Gasteiger partial charge is 0.489 e. The van der Waals surface area contributed by atoms with Crippen LogP contribution in [-0.2, 0) is 16.0 Å². The first-order valence-electron chi connectivity index (χ1n) is 11.6. The van der Waals surface area contributed by atoms with E-state index in [1.807, 2.05) is 36.4 Å². The van der Waals surface area contributed by atoms with Crippen molar-refractivity contribution in [1.82, 2.24) is 10.7 Å². The molecule has 0 radical (unpaired) electrons. The molecule has 0 bridgehead atoms. The molecule has 0 heterocycles. The summed E-state index contributed by atoms with van der Waals surface area (Å²) in [5.74, 6) is -0.120. The lowest BCUT2D eigenvalue weighted by atomic mass is 10.1. The van der Waals surface area contributed by atoms with E-state index in [4.69, 9.17) is 32.7 Å². The van der Waals surface area contributed by atoms with E-state index in [1.165, 1.54) is 12.3 Å². The fraction of sp³-hybridized carbons (Fsp3) is 0.179. The van der Waals surface area contributed by atoms with Crippen LogP contribution in [0.15, 0.2) is 89.0 Å². The molecule has 10 heteroatoms. The molecule has 2 N–H and O–H groups in total. The van der Waals surface area contributed by atoms with Crippen molar-refractivity contribution in [3.05, 3.63) is 105 Å². The highest BCUT2D eigenvalue weighted by Gasteiger charge is 2.25. The lowest BCUT2D eigenvalue weighted by molar-refractivity contribution is -0.132. The van der Waals surface area contributed by atoms with Crippen LogP contribution in [0.4, 0.5) is 0 Å². The zero-order chi connectivity index (χ0) is 27.5. The molecule has 0 aliphatic carbocycles. The molecule has 0 aliphatic rings. The van der Waals surface area contributed by atoms with Gasteiger partial charge in [0.1, 0.15) is 24.1 Å². The van der Waals surface area contributed by atoms with Crippen LogP contribution in [0.1, 0.15) is 18.1 Å². The van der Waals surface area contributed by atoms with E-state index in [9.17, 15) is 9.59 Å². The Hall–Kier alpha value is -3.33. The van der Waals surface area contributed by atoms with Crippen molar-refractivity contribution in [2.24, 2.45) is 5.10 Å². The highest BCUT2D eigenvalue weighted by molar-refractivity contribution is 9.10. The summed E-state index contributed by atoms with van der Waals surface area (Å²) in [5.41, 5.74) is 4.02. The summed E-state index contributed by atoms with van der Waals surface area (Å²) in [4.78, 5) is 26.1. The van der Waals surface area contributed by atoms with Crippen LogP contribution in [0.2, 0.25) is 10.0 Å². The first-order chi connectivity index (χ1) is 18.3. The minimum absolute atomic E-state index is 0.243. The number of rotatable bonds is 12. The Labute approximate surface area is 239 Å². The number of halogens is 3. The number of nitrogens with one attached hydrogen (secondary N) is 2. The number of ether oxygens (including phenoxy) is 2. The second kappa shape index (κ2) is 14.6. The van der Waals surface area contributed by atoms with Gasteiger partial charge < -0.3 is 14.8 Å². The van der Waals surface area contributed by atoms with Crippen LogP contribution in [0.25, 0.3) is 0 Å². The number of hydrogen-bond donors (Lipinski definition) is 2. The van der Waals surface area contributed by atoms with E-state index in [2.05, 4.69) is 38.4 Å². The van der Waals surface area contributed by atoms with E-state index < -0.39 is 24.0 Å². The van der Waals surface area contributed by atoms with Crippen molar-refractivity contribution in [3.63, 3.8) is 0 Å². The molecule has 0 aromatic heterocycles. The van der Waals surface area contributed by atoms with Gasteiger partial charge in [0.25, 0.3) is 11.8 Å². The lowest BCUT2D eigenvalue weighted by Crippen LogP contribution is -2.50. The van der Waals surface area contributed by atoms with Gasteiger partial charge in [-0.15, -0.1) is 0 Å². The maximum absolute atomic E-state index is 13.1. The molecule has 3 aromatic rings. The minimum Gasteiger partial charge on any atom is -0.489 e. The van der Waals surface area contributed by atoms with Crippen molar-refractivity contribution in [2.45, 2.75) is 25.5 Å². The number of hydrazone groups is 1. The molecule has 0 aliphatic heterocycles. The highest BCUT2D eigenvalue weighted by atomic mass is 79.9. The van der Waals surface area contributed by atoms with E-state index in [0.717, 1.165) is 10.0 Å². The quantitative estimate of drug-likeness (QED) is 0.149. The van der Waals surface area contributed by atoms with Gasteiger partial charge in [-0.05, 0) is 48.9 Å².